The quantitative estimate of drug-likeness (QED) is 0.667. The van der Waals surface area contributed by atoms with Gasteiger partial charge in [-0.3, -0.25) is 14.9 Å². The van der Waals surface area contributed by atoms with Gasteiger partial charge in [-0.05, 0) is 13.3 Å². The first-order valence-electron chi connectivity index (χ1n) is 7.42. The van der Waals surface area contributed by atoms with Crippen LogP contribution < -0.4 is 5.32 Å². The van der Waals surface area contributed by atoms with E-state index in [0.29, 0.717) is 45.9 Å². The van der Waals surface area contributed by atoms with Gasteiger partial charge in [0, 0.05) is 18.1 Å². The first kappa shape index (κ1) is 16.2. The number of Topliss-reactive ketones (excluding diaryl/α,β-unsaturated/α-hetero) is 1. The molecule has 2 aromatic heterocycles. The number of aryl methyl sites for hydroxylation is 2. The summed E-state index contributed by atoms with van der Waals surface area (Å²) in [5.74, 6) is 0.711. The monoisotopic (exact) mass is 351 g/mol. The number of fused-ring (bicyclic) bond motifs is 1. The van der Waals surface area contributed by atoms with Crippen LogP contribution in [0.2, 0.25) is 0 Å². The molecule has 0 spiro atoms. The lowest BCUT2D eigenvalue weighted by atomic mass is 9.93. The second-order valence-corrected chi connectivity index (χ2v) is 8.40. The van der Waals surface area contributed by atoms with E-state index in [4.69, 9.17) is 4.42 Å². The van der Waals surface area contributed by atoms with Crippen molar-refractivity contribution in [1.29, 1.82) is 0 Å². The number of amides is 1. The van der Waals surface area contributed by atoms with E-state index in [0.717, 1.165) is 10.8 Å². The first-order chi connectivity index (χ1) is 11.0. The predicted molar refractivity (Wildman–Crippen MR) is 89.6 cm³/mol. The van der Waals surface area contributed by atoms with Crippen molar-refractivity contribution in [3.05, 3.63) is 22.6 Å². The minimum absolute atomic E-state index is 0.0263. The lowest BCUT2D eigenvalue weighted by Crippen LogP contribution is -2.18. The van der Waals surface area contributed by atoms with Crippen LogP contribution in [0.1, 0.15) is 58.9 Å². The first-order valence-corrected chi connectivity index (χ1v) is 9.12. The molecule has 122 valence electrons. The highest BCUT2D eigenvalue weighted by atomic mass is 32.2. The molecule has 3 rings (SSSR count). The number of hydrogen-bond donors (Lipinski definition) is 1. The SMILES string of the molecule is Cc1oc2c(c1C(=O)Nc1nnc(SC(C)C)s1)C(=O)CCC2. The number of hydrogen-bond acceptors (Lipinski definition) is 7. The number of carbonyl (C=O) groups excluding carboxylic acids is 2. The third-order valence-corrected chi connectivity index (χ3v) is 5.36. The average Bonchev–Trinajstić information content (AvgIpc) is 3.02. The van der Waals surface area contributed by atoms with Crippen molar-refractivity contribution in [2.24, 2.45) is 0 Å². The van der Waals surface area contributed by atoms with Crippen LogP contribution in [-0.4, -0.2) is 27.1 Å². The molecule has 1 aliphatic rings. The Labute approximate surface area is 142 Å². The van der Waals surface area contributed by atoms with Gasteiger partial charge in [0.15, 0.2) is 10.1 Å². The minimum Gasteiger partial charge on any atom is -0.465 e. The fraction of sp³-hybridized carbons (Fsp3) is 0.467. The molecule has 8 heteroatoms. The van der Waals surface area contributed by atoms with Crippen molar-refractivity contribution in [3.8, 4) is 0 Å². The minimum atomic E-state index is -0.361. The molecule has 0 saturated heterocycles. The third-order valence-electron chi connectivity index (χ3n) is 3.43. The zero-order valence-corrected chi connectivity index (χ0v) is 14.8. The zero-order chi connectivity index (χ0) is 16.6. The molecule has 0 radical (unpaired) electrons. The Kier molecular flexibility index (Phi) is 4.54. The largest absolute Gasteiger partial charge is 0.465 e. The summed E-state index contributed by atoms with van der Waals surface area (Å²) in [7, 11) is 0. The standard InChI is InChI=1S/C15H17N3O3S2/c1-7(2)22-15-18-17-14(23-15)16-13(20)11-8(3)21-10-6-4-5-9(19)12(10)11/h7H,4-6H2,1-3H3,(H,16,17,20). The van der Waals surface area contributed by atoms with Gasteiger partial charge in [0.1, 0.15) is 11.5 Å². The lowest BCUT2D eigenvalue weighted by Gasteiger charge is -2.09. The Morgan fingerprint density at radius 1 is 1.35 bits per heavy atom. The summed E-state index contributed by atoms with van der Waals surface area (Å²) >= 11 is 2.92. The van der Waals surface area contributed by atoms with Gasteiger partial charge in [-0.2, -0.15) is 0 Å². The number of carbonyl (C=O) groups is 2. The van der Waals surface area contributed by atoms with E-state index >= 15 is 0 Å². The van der Waals surface area contributed by atoms with Crippen LogP contribution in [0.15, 0.2) is 8.76 Å². The number of rotatable bonds is 4. The number of thioether (sulfide) groups is 1. The second-order valence-electron chi connectivity index (χ2n) is 5.60. The van der Waals surface area contributed by atoms with Gasteiger partial charge in [-0.15, -0.1) is 10.2 Å². The maximum atomic E-state index is 12.6. The Morgan fingerprint density at radius 3 is 2.87 bits per heavy atom. The highest BCUT2D eigenvalue weighted by molar-refractivity contribution is 8.01. The molecule has 23 heavy (non-hydrogen) atoms. The molecule has 0 aliphatic heterocycles. The van der Waals surface area contributed by atoms with Crippen LogP contribution in [-0.2, 0) is 6.42 Å². The van der Waals surface area contributed by atoms with Gasteiger partial charge >= 0.3 is 0 Å². The topological polar surface area (TPSA) is 85.1 Å². The van der Waals surface area contributed by atoms with Crippen molar-refractivity contribution in [1.82, 2.24) is 10.2 Å². The average molecular weight is 351 g/mol. The summed E-state index contributed by atoms with van der Waals surface area (Å²) in [5.41, 5.74) is 0.769. The van der Waals surface area contributed by atoms with Gasteiger partial charge in [0.25, 0.3) is 5.91 Å². The maximum absolute atomic E-state index is 12.6. The molecule has 2 heterocycles. The summed E-state index contributed by atoms with van der Waals surface area (Å²) < 4.78 is 6.41. The molecule has 0 atom stereocenters. The molecule has 0 saturated carbocycles. The Bertz CT molecular complexity index is 764. The highest BCUT2D eigenvalue weighted by Gasteiger charge is 2.30. The lowest BCUT2D eigenvalue weighted by molar-refractivity contribution is 0.0955. The summed E-state index contributed by atoms with van der Waals surface area (Å²) in [5, 5.41) is 11.6. The van der Waals surface area contributed by atoms with Crippen molar-refractivity contribution in [2.75, 3.05) is 5.32 Å². The maximum Gasteiger partial charge on any atom is 0.261 e. The van der Waals surface area contributed by atoms with Gasteiger partial charge in [-0.25, -0.2) is 0 Å². The third kappa shape index (κ3) is 3.32. The zero-order valence-electron chi connectivity index (χ0n) is 13.1. The molecule has 2 aromatic rings. The van der Waals surface area contributed by atoms with E-state index in [9.17, 15) is 9.59 Å². The van der Waals surface area contributed by atoms with E-state index < -0.39 is 0 Å². The Hall–Kier alpha value is -1.67. The Balaban J connectivity index is 1.83. The van der Waals surface area contributed by atoms with Gasteiger partial charge in [-0.1, -0.05) is 36.9 Å². The summed E-state index contributed by atoms with van der Waals surface area (Å²) in [6, 6.07) is 0. The molecular formula is C15H17N3O3S2. The number of nitrogens with one attached hydrogen (secondary N) is 1. The van der Waals surface area contributed by atoms with Gasteiger partial charge in [0.05, 0.1) is 11.1 Å². The predicted octanol–water partition coefficient (Wildman–Crippen LogP) is 3.71. The molecule has 1 aliphatic carbocycles. The molecule has 6 nitrogen and oxygen atoms in total. The van der Waals surface area contributed by atoms with Crippen LogP contribution >= 0.6 is 23.1 Å². The molecule has 0 bridgehead atoms. The molecule has 1 amide bonds. The number of furan rings is 1. The van der Waals surface area contributed by atoms with Crippen LogP contribution in [0.4, 0.5) is 5.13 Å². The van der Waals surface area contributed by atoms with Gasteiger partial charge in [0.2, 0.25) is 5.13 Å². The van der Waals surface area contributed by atoms with E-state index in [1.165, 1.54) is 11.3 Å². The van der Waals surface area contributed by atoms with Crippen molar-refractivity contribution >= 4 is 39.9 Å². The number of anilines is 1. The van der Waals surface area contributed by atoms with Crippen LogP contribution in [0.5, 0.6) is 0 Å². The Morgan fingerprint density at radius 2 is 2.13 bits per heavy atom. The van der Waals surface area contributed by atoms with Crippen LogP contribution in [0.3, 0.4) is 0 Å². The summed E-state index contributed by atoms with van der Waals surface area (Å²) in [6.45, 7) is 5.84. The van der Waals surface area contributed by atoms with E-state index in [1.807, 2.05) is 0 Å². The molecule has 0 fully saturated rings. The van der Waals surface area contributed by atoms with Crippen molar-refractivity contribution in [3.63, 3.8) is 0 Å². The number of nitrogens with zero attached hydrogens (tertiary/aromatic N) is 2. The van der Waals surface area contributed by atoms with E-state index in [1.54, 1.807) is 18.7 Å². The van der Waals surface area contributed by atoms with Crippen LogP contribution in [0.25, 0.3) is 0 Å². The van der Waals surface area contributed by atoms with Crippen molar-refractivity contribution in [2.45, 2.75) is 49.6 Å². The fourth-order valence-electron chi connectivity index (χ4n) is 2.55. The summed E-state index contributed by atoms with van der Waals surface area (Å²) in [4.78, 5) is 24.7. The second kappa shape index (κ2) is 6.45. The number of aromatic nitrogens is 2. The van der Waals surface area contributed by atoms with E-state index in [-0.39, 0.29) is 11.7 Å². The molecule has 0 aromatic carbocycles. The van der Waals surface area contributed by atoms with Gasteiger partial charge < -0.3 is 4.42 Å². The normalized spacial score (nSPS) is 14.2. The fourth-order valence-corrected chi connectivity index (χ4v) is 4.52. The summed E-state index contributed by atoms with van der Waals surface area (Å²) in [6.07, 6.45) is 1.93. The van der Waals surface area contributed by atoms with Crippen molar-refractivity contribution < 1.29 is 14.0 Å². The van der Waals surface area contributed by atoms with E-state index in [2.05, 4.69) is 29.4 Å². The molecule has 1 N–H and O–H groups in total. The number of ketones is 1. The molecule has 0 unspecified atom stereocenters. The molecular weight excluding hydrogens is 334 g/mol. The highest BCUT2D eigenvalue weighted by Crippen LogP contribution is 2.32. The van der Waals surface area contributed by atoms with Crippen LogP contribution in [0, 0.1) is 6.92 Å². The smallest absolute Gasteiger partial charge is 0.261 e.